The highest BCUT2D eigenvalue weighted by molar-refractivity contribution is 7.98. The third-order valence-electron chi connectivity index (χ3n) is 4.62. The van der Waals surface area contributed by atoms with Crippen LogP contribution in [0.5, 0.6) is 0 Å². The second kappa shape index (κ2) is 7.95. The SMILES string of the molecule is CSc1nc(-c2ccc(=O)n(Cc3ccc4ccccc4c3)c2)cc(C(F)(F)F)n1. The summed E-state index contributed by atoms with van der Waals surface area (Å²) >= 11 is 1.03. The van der Waals surface area contributed by atoms with Crippen molar-refractivity contribution >= 4 is 22.5 Å². The zero-order chi connectivity index (χ0) is 21.3. The van der Waals surface area contributed by atoms with Crippen LogP contribution in [0, 0.1) is 0 Å². The number of hydrogen-bond donors (Lipinski definition) is 0. The Labute approximate surface area is 174 Å². The third-order valence-corrected chi connectivity index (χ3v) is 5.17. The van der Waals surface area contributed by atoms with Gasteiger partial charge in [0.25, 0.3) is 5.56 Å². The minimum atomic E-state index is -4.58. The zero-order valence-electron chi connectivity index (χ0n) is 15.8. The van der Waals surface area contributed by atoms with Crippen LogP contribution < -0.4 is 5.56 Å². The summed E-state index contributed by atoms with van der Waals surface area (Å²) in [5, 5.41) is 2.16. The van der Waals surface area contributed by atoms with Crippen molar-refractivity contribution in [2.45, 2.75) is 17.9 Å². The summed E-state index contributed by atoms with van der Waals surface area (Å²) in [7, 11) is 0. The minimum absolute atomic E-state index is 0.0205. The van der Waals surface area contributed by atoms with Gasteiger partial charge in [-0.3, -0.25) is 4.79 Å². The smallest absolute Gasteiger partial charge is 0.310 e. The van der Waals surface area contributed by atoms with E-state index >= 15 is 0 Å². The van der Waals surface area contributed by atoms with Gasteiger partial charge in [-0.1, -0.05) is 48.2 Å². The summed E-state index contributed by atoms with van der Waals surface area (Å²) in [6.45, 7) is 0.296. The van der Waals surface area contributed by atoms with Crippen molar-refractivity contribution in [2.75, 3.05) is 6.26 Å². The standard InChI is InChI=1S/C22H16F3N3OS/c1-30-21-26-18(11-19(27-21)22(23,24)25)17-8-9-20(29)28(13-17)12-14-6-7-15-4-2-3-5-16(15)10-14/h2-11,13H,12H2,1H3. The first-order valence-electron chi connectivity index (χ1n) is 9.02. The molecule has 0 saturated carbocycles. The molecule has 152 valence electrons. The molecule has 0 aliphatic heterocycles. The van der Waals surface area contributed by atoms with Crippen LogP contribution in [-0.2, 0) is 12.7 Å². The number of nitrogens with zero attached hydrogens (tertiary/aromatic N) is 3. The molecular weight excluding hydrogens is 411 g/mol. The lowest BCUT2D eigenvalue weighted by molar-refractivity contribution is -0.141. The van der Waals surface area contributed by atoms with Gasteiger partial charge in [0.2, 0.25) is 0 Å². The van der Waals surface area contributed by atoms with Crippen LogP contribution in [0.4, 0.5) is 13.2 Å². The first-order chi connectivity index (χ1) is 14.3. The molecule has 4 rings (SSSR count). The fourth-order valence-corrected chi connectivity index (χ4v) is 3.53. The minimum Gasteiger partial charge on any atom is -0.310 e. The van der Waals surface area contributed by atoms with Gasteiger partial charge in [-0.2, -0.15) is 13.2 Å². The van der Waals surface area contributed by atoms with E-state index in [1.165, 1.54) is 22.9 Å². The Morgan fingerprint density at radius 1 is 0.967 bits per heavy atom. The molecule has 2 aromatic carbocycles. The molecule has 0 unspecified atom stereocenters. The monoisotopic (exact) mass is 427 g/mol. The number of rotatable bonds is 4. The summed E-state index contributed by atoms with van der Waals surface area (Å²) in [5.74, 6) is 0. The Morgan fingerprint density at radius 3 is 2.47 bits per heavy atom. The molecule has 4 nitrogen and oxygen atoms in total. The number of hydrogen-bond acceptors (Lipinski definition) is 4. The first-order valence-corrected chi connectivity index (χ1v) is 10.2. The van der Waals surface area contributed by atoms with Gasteiger partial charge < -0.3 is 4.57 Å². The number of alkyl halides is 3. The number of pyridine rings is 1. The second-order valence-corrected chi connectivity index (χ2v) is 7.46. The van der Waals surface area contributed by atoms with Crippen LogP contribution in [0.15, 0.2) is 76.8 Å². The maximum atomic E-state index is 13.2. The van der Waals surface area contributed by atoms with Crippen molar-refractivity contribution in [3.63, 3.8) is 0 Å². The van der Waals surface area contributed by atoms with E-state index < -0.39 is 11.9 Å². The van der Waals surface area contributed by atoms with Gasteiger partial charge in [-0.05, 0) is 40.8 Å². The summed E-state index contributed by atoms with van der Waals surface area (Å²) < 4.78 is 41.1. The fraction of sp³-hybridized carbons (Fsp3) is 0.136. The van der Waals surface area contributed by atoms with Crippen LogP contribution in [0.2, 0.25) is 0 Å². The molecule has 0 atom stereocenters. The van der Waals surface area contributed by atoms with Gasteiger partial charge in [0.1, 0.15) is 5.69 Å². The first kappa shape index (κ1) is 20.2. The second-order valence-electron chi connectivity index (χ2n) is 6.69. The molecule has 0 aliphatic rings. The summed E-state index contributed by atoms with van der Waals surface area (Å²) in [4.78, 5) is 20.1. The third kappa shape index (κ3) is 4.23. The van der Waals surface area contributed by atoms with Crippen LogP contribution in [0.1, 0.15) is 11.3 Å². The maximum Gasteiger partial charge on any atom is 0.433 e. The molecule has 0 radical (unpaired) electrons. The lowest BCUT2D eigenvalue weighted by atomic mass is 10.1. The Hall–Kier alpha value is -3.13. The van der Waals surface area contributed by atoms with Crippen LogP contribution in [0.25, 0.3) is 22.0 Å². The van der Waals surface area contributed by atoms with Crippen LogP contribution >= 0.6 is 11.8 Å². The van der Waals surface area contributed by atoms with E-state index in [-0.39, 0.29) is 16.4 Å². The van der Waals surface area contributed by atoms with Crippen molar-refractivity contribution < 1.29 is 13.2 Å². The molecule has 0 fully saturated rings. The molecule has 2 heterocycles. The quantitative estimate of drug-likeness (QED) is 0.330. The van der Waals surface area contributed by atoms with Crippen molar-refractivity contribution in [3.05, 3.63) is 88.5 Å². The van der Waals surface area contributed by atoms with Crippen molar-refractivity contribution in [1.82, 2.24) is 14.5 Å². The number of thioether (sulfide) groups is 1. The number of fused-ring (bicyclic) bond motifs is 1. The van der Waals surface area contributed by atoms with Gasteiger partial charge in [0, 0.05) is 17.8 Å². The highest BCUT2D eigenvalue weighted by atomic mass is 32.2. The maximum absolute atomic E-state index is 13.2. The molecule has 0 spiro atoms. The Balaban J connectivity index is 1.74. The molecule has 0 bridgehead atoms. The lowest BCUT2D eigenvalue weighted by Crippen LogP contribution is -2.19. The van der Waals surface area contributed by atoms with E-state index in [4.69, 9.17) is 0 Å². The average molecular weight is 427 g/mol. The van der Waals surface area contributed by atoms with Gasteiger partial charge >= 0.3 is 6.18 Å². The predicted octanol–water partition coefficient (Wildman–Crippen LogP) is 5.25. The molecule has 4 aromatic rings. The Bertz CT molecular complexity index is 1280. The van der Waals surface area contributed by atoms with Crippen molar-refractivity contribution in [2.24, 2.45) is 0 Å². The highest BCUT2D eigenvalue weighted by Crippen LogP contribution is 2.31. The summed E-state index contributed by atoms with van der Waals surface area (Å²) in [6, 6.07) is 17.5. The van der Waals surface area contributed by atoms with Crippen LogP contribution in [0.3, 0.4) is 0 Å². The fourth-order valence-electron chi connectivity index (χ4n) is 3.15. The average Bonchev–Trinajstić information content (AvgIpc) is 2.74. The van der Waals surface area contributed by atoms with E-state index in [2.05, 4.69) is 9.97 Å². The summed E-state index contributed by atoms with van der Waals surface area (Å²) in [6.07, 6.45) is -1.44. The van der Waals surface area contributed by atoms with Crippen LogP contribution in [-0.4, -0.2) is 20.8 Å². The zero-order valence-corrected chi connectivity index (χ0v) is 16.7. The van der Waals surface area contributed by atoms with E-state index in [1.807, 2.05) is 42.5 Å². The number of aromatic nitrogens is 3. The van der Waals surface area contributed by atoms with E-state index in [0.29, 0.717) is 12.1 Å². The highest BCUT2D eigenvalue weighted by Gasteiger charge is 2.33. The van der Waals surface area contributed by atoms with E-state index in [1.54, 1.807) is 6.26 Å². The van der Waals surface area contributed by atoms with Crippen molar-refractivity contribution in [1.29, 1.82) is 0 Å². The lowest BCUT2D eigenvalue weighted by Gasteiger charge is -2.12. The molecule has 0 amide bonds. The molecule has 0 N–H and O–H groups in total. The number of benzene rings is 2. The van der Waals surface area contributed by atoms with Gasteiger partial charge in [0.05, 0.1) is 12.2 Å². The van der Waals surface area contributed by atoms with Gasteiger partial charge in [-0.15, -0.1) is 0 Å². The molecule has 0 saturated heterocycles. The molecule has 2 aromatic heterocycles. The Morgan fingerprint density at radius 2 is 1.73 bits per heavy atom. The Kier molecular flexibility index (Phi) is 5.34. The van der Waals surface area contributed by atoms with E-state index in [0.717, 1.165) is 34.2 Å². The topological polar surface area (TPSA) is 47.8 Å². The molecular formula is C22H16F3N3OS. The van der Waals surface area contributed by atoms with Gasteiger partial charge in [0.15, 0.2) is 5.16 Å². The normalized spacial score (nSPS) is 11.7. The molecule has 0 aliphatic carbocycles. The van der Waals surface area contributed by atoms with Gasteiger partial charge in [-0.25, -0.2) is 9.97 Å². The predicted molar refractivity (Wildman–Crippen MR) is 112 cm³/mol. The van der Waals surface area contributed by atoms with E-state index in [9.17, 15) is 18.0 Å². The molecule has 30 heavy (non-hydrogen) atoms. The summed E-state index contributed by atoms with van der Waals surface area (Å²) in [5.41, 5.74) is 0.190. The largest absolute Gasteiger partial charge is 0.433 e. The van der Waals surface area contributed by atoms with Crippen molar-refractivity contribution in [3.8, 4) is 11.3 Å². The number of halogens is 3. The molecule has 8 heteroatoms.